The lowest BCUT2D eigenvalue weighted by Gasteiger charge is -2.34. The molecule has 0 fully saturated rings. The number of fused-ring (bicyclic) bond motifs is 8. The first-order valence-electron chi connectivity index (χ1n) is 15.9. The predicted octanol–water partition coefficient (Wildman–Crippen LogP) is 11.9. The van der Waals surface area contributed by atoms with E-state index < -0.39 is 0 Å². The van der Waals surface area contributed by atoms with E-state index in [1.807, 2.05) is 0 Å². The molecule has 6 aromatic carbocycles. The van der Waals surface area contributed by atoms with E-state index in [0.717, 1.165) is 6.42 Å². The molecule has 2 atom stereocenters. The molecule has 0 aliphatic heterocycles. The Bertz CT molecular complexity index is 2340. The maximum absolute atomic E-state index is 2.58. The molecule has 4 aliphatic carbocycles. The minimum absolute atomic E-state index is 0.279. The molecule has 2 bridgehead atoms. The molecule has 0 radical (unpaired) electrons. The van der Waals surface area contributed by atoms with Crippen molar-refractivity contribution in [1.82, 2.24) is 0 Å². The van der Waals surface area contributed by atoms with Crippen LogP contribution < -0.4 is 0 Å². The largest absolute Gasteiger partial charge is 0.0830 e. The Labute approximate surface area is 258 Å². The highest BCUT2D eigenvalue weighted by atomic mass is 14.4. The number of hydrogen-bond donors (Lipinski definition) is 0. The van der Waals surface area contributed by atoms with Crippen molar-refractivity contribution in [3.63, 3.8) is 0 Å². The molecule has 206 valence electrons. The van der Waals surface area contributed by atoms with Gasteiger partial charge in [-0.1, -0.05) is 134 Å². The van der Waals surface area contributed by atoms with Crippen LogP contribution in [0, 0.1) is 6.92 Å². The lowest BCUT2D eigenvalue weighted by Crippen LogP contribution is -2.16. The van der Waals surface area contributed by atoms with E-state index in [1.54, 1.807) is 0 Å². The van der Waals surface area contributed by atoms with E-state index in [1.165, 1.54) is 93.9 Å². The molecule has 0 saturated heterocycles. The molecule has 4 aliphatic rings. The van der Waals surface area contributed by atoms with Crippen LogP contribution in [0.2, 0.25) is 0 Å². The highest BCUT2D eigenvalue weighted by Crippen LogP contribution is 2.60. The standard InChI is InChI=1S/C44H30/c1-26-22-23-35-40-31(26)18-10-21-34(40)44-39(28-14-6-3-7-15-28)42-33-20-11-19-32-29-16-8-9-17-30(24-29)36(41(32)33)25-37(42)38(43(35)44)27-12-4-2-5-13-27/h2-18,20-25,30,32H,19H2,1H3. The summed E-state index contributed by atoms with van der Waals surface area (Å²) >= 11 is 0. The lowest BCUT2D eigenvalue weighted by molar-refractivity contribution is 0.769. The molecule has 0 spiro atoms. The van der Waals surface area contributed by atoms with Crippen LogP contribution in [-0.4, -0.2) is 0 Å². The van der Waals surface area contributed by atoms with Crippen molar-refractivity contribution >= 4 is 27.6 Å². The molecule has 0 aromatic heterocycles. The van der Waals surface area contributed by atoms with E-state index in [0.29, 0.717) is 5.92 Å². The van der Waals surface area contributed by atoms with Crippen LogP contribution >= 0.6 is 0 Å². The average molecular weight is 559 g/mol. The second-order valence-electron chi connectivity index (χ2n) is 12.7. The van der Waals surface area contributed by atoms with Crippen molar-refractivity contribution in [2.45, 2.75) is 25.2 Å². The maximum atomic E-state index is 2.58. The Hall–Kier alpha value is -5.20. The quantitative estimate of drug-likeness (QED) is 0.198. The summed E-state index contributed by atoms with van der Waals surface area (Å²) in [4.78, 5) is 0. The molecule has 2 unspecified atom stereocenters. The first-order valence-corrected chi connectivity index (χ1v) is 15.9. The predicted molar refractivity (Wildman–Crippen MR) is 187 cm³/mol. The van der Waals surface area contributed by atoms with Gasteiger partial charge in [-0.15, -0.1) is 0 Å². The van der Waals surface area contributed by atoms with Crippen molar-refractivity contribution in [3.05, 3.63) is 161 Å². The zero-order valence-electron chi connectivity index (χ0n) is 24.6. The van der Waals surface area contributed by atoms with E-state index >= 15 is 0 Å². The monoisotopic (exact) mass is 558 g/mol. The van der Waals surface area contributed by atoms with Crippen LogP contribution in [0.4, 0.5) is 0 Å². The highest BCUT2D eigenvalue weighted by molar-refractivity contribution is 6.29. The van der Waals surface area contributed by atoms with Crippen molar-refractivity contribution in [2.75, 3.05) is 0 Å². The summed E-state index contributed by atoms with van der Waals surface area (Å²) in [6, 6.07) is 36.5. The Morgan fingerprint density at radius 2 is 1.36 bits per heavy atom. The summed E-state index contributed by atoms with van der Waals surface area (Å²) < 4.78 is 0. The van der Waals surface area contributed by atoms with Gasteiger partial charge >= 0.3 is 0 Å². The molecule has 6 aromatic rings. The Balaban J connectivity index is 1.49. The van der Waals surface area contributed by atoms with Crippen molar-refractivity contribution < 1.29 is 0 Å². The molecule has 0 nitrogen and oxygen atoms in total. The summed E-state index contributed by atoms with van der Waals surface area (Å²) in [6.45, 7) is 2.25. The number of aryl methyl sites for hydroxylation is 1. The lowest BCUT2D eigenvalue weighted by atomic mass is 9.69. The number of rotatable bonds is 2. The van der Waals surface area contributed by atoms with Gasteiger partial charge in [-0.2, -0.15) is 0 Å². The van der Waals surface area contributed by atoms with Crippen LogP contribution in [0.15, 0.2) is 139 Å². The van der Waals surface area contributed by atoms with Gasteiger partial charge < -0.3 is 0 Å². The van der Waals surface area contributed by atoms with Crippen molar-refractivity contribution in [3.8, 4) is 44.5 Å². The van der Waals surface area contributed by atoms with Gasteiger partial charge in [-0.05, 0) is 113 Å². The number of benzene rings is 6. The van der Waals surface area contributed by atoms with Crippen molar-refractivity contribution in [2.24, 2.45) is 0 Å². The van der Waals surface area contributed by atoms with Crippen LogP contribution in [0.1, 0.15) is 40.5 Å². The smallest absolute Gasteiger partial charge is 0.0211 e. The molecule has 44 heavy (non-hydrogen) atoms. The summed E-state index contributed by atoms with van der Waals surface area (Å²) in [5.74, 6) is 0.670. The van der Waals surface area contributed by atoms with Gasteiger partial charge in [-0.25, -0.2) is 0 Å². The number of hydrogen-bond acceptors (Lipinski definition) is 0. The molecule has 0 amide bonds. The van der Waals surface area contributed by atoms with Crippen LogP contribution in [0.3, 0.4) is 0 Å². The Kier molecular flexibility index (Phi) is 4.91. The van der Waals surface area contributed by atoms with E-state index in [9.17, 15) is 0 Å². The van der Waals surface area contributed by atoms with Gasteiger partial charge in [0.2, 0.25) is 0 Å². The zero-order valence-corrected chi connectivity index (χ0v) is 24.6. The molecule has 10 rings (SSSR count). The minimum Gasteiger partial charge on any atom is -0.0830 e. The van der Waals surface area contributed by atoms with Gasteiger partial charge in [0.05, 0.1) is 0 Å². The third kappa shape index (κ3) is 3.13. The van der Waals surface area contributed by atoms with Gasteiger partial charge in [0.1, 0.15) is 0 Å². The van der Waals surface area contributed by atoms with Crippen molar-refractivity contribution in [1.29, 1.82) is 0 Å². The highest BCUT2D eigenvalue weighted by Gasteiger charge is 2.36. The fourth-order valence-electron chi connectivity index (χ4n) is 8.70. The first-order chi connectivity index (χ1) is 21.8. The van der Waals surface area contributed by atoms with Gasteiger partial charge in [0.25, 0.3) is 0 Å². The maximum Gasteiger partial charge on any atom is 0.0211 e. The molecular formula is C44H30. The van der Waals surface area contributed by atoms with Gasteiger partial charge in [0, 0.05) is 11.8 Å². The zero-order chi connectivity index (χ0) is 28.9. The molecule has 0 N–H and O–H groups in total. The number of allylic oxidation sites excluding steroid dienone is 7. The first kappa shape index (κ1) is 24.3. The fraction of sp³-hybridized carbons (Fsp3) is 0.0909. The molecule has 0 heterocycles. The van der Waals surface area contributed by atoms with Crippen LogP contribution in [-0.2, 0) is 0 Å². The summed E-state index contributed by atoms with van der Waals surface area (Å²) in [5.41, 5.74) is 18.0. The topological polar surface area (TPSA) is 0 Å². The summed E-state index contributed by atoms with van der Waals surface area (Å²) in [5, 5.41) is 5.49. The minimum atomic E-state index is 0.279. The average Bonchev–Trinajstić information content (AvgIpc) is 3.24. The van der Waals surface area contributed by atoms with Gasteiger partial charge in [-0.3, -0.25) is 0 Å². The second kappa shape index (κ2) is 8.91. The van der Waals surface area contributed by atoms with Crippen LogP contribution in [0.5, 0.6) is 0 Å². The third-order valence-corrected chi connectivity index (χ3v) is 10.5. The third-order valence-electron chi connectivity index (χ3n) is 10.5. The Morgan fingerprint density at radius 1 is 0.614 bits per heavy atom. The normalized spacial score (nSPS) is 18.3. The molecular weight excluding hydrogens is 528 g/mol. The van der Waals surface area contributed by atoms with Gasteiger partial charge in [0.15, 0.2) is 0 Å². The molecule has 0 heteroatoms. The van der Waals surface area contributed by atoms with E-state index in [-0.39, 0.29) is 5.92 Å². The summed E-state index contributed by atoms with van der Waals surface area (Å²) in [6.07, 6.45) is 17.6. The van der Waals surface area contributed by atoms with Crippen LogP contribution in [0.25, 0.3) is 72.1 Å². The second-order valence-corrected chi connectivity index (χ2v) is 12.7. The Morgan fingerprint density at radius 3 is 2.18 bits per heavy atom. The molecule has 0 saturated carbocycles. The fourth-order valence-corrected chi connectivity index (χ4v) is 8.70. The summed E-state index contributed by atoms with van der Waals surface area (Å²) in [7, 11) is 0. The van der Waals surface area contributed by atoms with E-state index in [4.69, 9.17) is 0 Å². The SMILES string of the molecule is Cc1ccc2c3c(cccc13)-c1c-2c(-c2ccccc2)c2cc3c4c(c2c1-c1ccccc1)C=CCC4C1=CC3C=CC=C1. The van der Waals surface area contributed by atoms with E-state index in [2.05, 4.69) is 147 Å².